The quantitative estimate of drug-likeness (QED) is 0.658. The standard InChI is InChI=1S/C24H29N7O2/c1-24(2)13-16-12-18(21(28-23(16)33-24)31-10-8-29(3)9-11-31)22(32)27-20-7-5-6-19(26-20)17-14-25-30(4)15-17/h5-7,12,14-15H,8-11,13H2,1-4H3,(H,26,27,32). The third-order valence-electron chi connectivity index (χ3n) is 6.07. The highest BCUT2D eigenvalue weighted by molar-refractivity contribution is 6.07. The average molecular weight is 448 g/mol. The van der Waals surface area contributed by atoms with E-state index < -0.39 is 0 Å². The lowest BCUT2D eigenvalue weighted by atomic mass is 10.0. The number of carbonyl (C=O) groups excluding carboxylic acids is 1. The van der Waals surface area contributed by atoms with Crippen molar-refractivity contribution in [3.8, 4) is 17.1 Å². The highest BCUT2D eigenvalue weighted by Crippen LogP contribution is 2.37. The van der Waals surface area contributed by atoms with E-state index in [1.165, 1.54) is 0 Å². The Kier molecular flexibility index (Phi) is 5.28. The second-order valence-electron chi connectivity index (χ2n) is 9.42. The van der Waals surface area contributed by atoms with E-state index in [0.29, 0.717) is 29.5 Å². The van der Waals surface area contributed by atoms with Gasteiger partial charge in [-0.1, -0.05) is 6.07 Å². The number of rotatable bonds is 4. The van der Waals surface area contributed by atoms with Crippen LogP contribution in [0.25, 0.3) is 11.3 Å². The number of pyridine rings is 2. The molecule has 0 aromatic carbocycles. The van der Waals surface area contributed by atoms with Crippen molar-refractivity contribution in [1.29, 1.82) is 0 Å². The zero-order valence-corrected chi connectivity index (χ0v) is 19.5. The number of amides is 1. The molecule has 1 saturated heterocycles. The van der Waals surface area contributed by atoms with Gasteiger partial charge in [0.05, 0.1) is 17.5 Å². The summed E-state index contributed by atoms with van der Waals surface area (Å²) in [7, 11) is 3.97. The first-order valence-corrected chi connectivity index (χ1v) is 11.2. The Labute approximate surface area is 193 Å². The van der Waals surface area contributed by atoms with Gasteiger partial charge in [-0.15, -0.1) is 0 Å². The van der Waals surface area contributed by atoms with E-state index >= 15 is 0 Å². The largest absolute Gasteiger partial charge is 0.471 e. The van der Waals surface area contributed by atoms with Crippen molar-refractivity contribution in [2.45, 2.75) is 25.9 Å². The summed E-state index contributed by atoms with van der Waals surface area (Å²) in [6.45, 7) is 7.53. The van der Waals surface area contributed by atoms with E-state index in [0.717, 1.165) is 43.0 Å². The number of hydrogen-bond donors (Lipinski definition) is 1. The van der Waals surface area contributed by atoms with Crippen molar-refractivity contribution in [3.63, 3.8) is 0 Å². The Bertz CT molecular complexity index is 1200. The molecule has 0 bridgehead atoms. The summed E-state index contributed by atoms with van der Waals surface area (Å²) in [4.78, 5) is 27.4. The number of aromatic nitrogens is 4. The molecule has 0 spiro atoms. The van der Waals surface area contributed by atoms with Crippen LogP contribution in [-0.2, 0) is 13.5 Å². The normalized spacial score (nSPS) is 17.5. The van der Waals surface area contributed by atoms with Gasteiger partial charge in [0.2, 0.25) is 5.88 Å². The van der Waals surface area contributed by atoms with Gasteiger partial charge in [0.25, 0.3) is 5.91 Å². The molecule has 5 rings (SSSR count). The van der Waals surface area contributed by atoms with Crippen LogP contribution in [0.2, 0.25) is 0 Å². The molecule has 33 heavy (non-hydrogen) atoms. The summed E-state index contributed by atoms with van der Waals surface area (Å²) in [5, 5.41) is 7.19. The summed E-state index contributed by atoms with van der Waals surface area (Å²) in [5.41, 5.74) is 2.82. The molecule has 1 amide bonds. The van der Waals surface area contributed by atoms with Crippen molar-refractivity contribution in [3.05, 3.63) is 47.8 Å². The van der Waals surface area contributed by atoms with Crippen molar-refractivity contribution in [2.75, 3.05) is 43.4 Å². The lowest BCUT2D eigenvalue weighted by Gasteiger charge is -2.34. The van der Waals surface area contributed by atoms with Crippen molar-refractivity contribution < 1.29 is 9.53 Å². The topological polar surface area (TPSA) is 88.4 Å². The predicted molar refractivity (Wildman–Crippen MR) is 127 cm³/mol. The fourth-order valence-corrected chi connectivity index (χ4v) is 4.33. The summed E-state index contributed by atoms with van der Waals surface area (Å²) in [5.74, 6) is 1.56. The number of fused-ring (bicyclic) bond motifs is 1. The summed E-state index contributed by atoms with van der Waals surface area (Å²) in [6, 6.07) is 7.51. The van der Waals surface area contributed by atoms with Crippen molar-refractivity contribution in [1.82, 2.24) is 24.6 Å². The van der Waals surface area contributed by atoms with Crippen LogP contribution in [0.3, 0.4) is 0 Å². The smallest absolute Gasteiger partial charge is 0.260 e. The Balaban J connectivity index is 1.46. The third-order valence-corrected chi connectivity index (χ3v) is 6.07. The molecule has 172 valence electrons. The van der Waals surface area contributed by atoms with Crippen LogP contribution in [0.5, 0.6) is 5.88 Å². The number of likely N-dealkylation sites (N-methyl/N-ethyl adjacent to an activating group) is 1. The zero-order chi connectivity index (χ0) is 23.2. The van der Waals surface area contributed by atoms with Crippen molar-refractivity contribution in [2.24, 2.45) is 7.05 Å². The maximum Gasteiger partial charge on any atom is 0.260 e. The lowest BCUT2D eigenvalue weighted by Crippen LogP contribution is -2.45. The minimum atomic E-state index is -0.330. The highest BCUT2D eigenvalue weighted by Gasteiger charge is 2.34. The molecule has 1 N–H and O–H groups in total. The van der Waals surface area contributed by atoms with E-state index in [1.54, 1.807) is 16.9 Å². The van der Waals surface area contributed by atoms with Crippen LogP contribution in [-0.4, -0.2) is 69.4 Å². The summed E-state index contributed by atoms with van der Waals surface area (Å²) >= 11 is 0. The van der Waals surface area contributed by atoms with Gasteiger partial charge in [-0.05, 0) is 39.1 Å². The molecule has 3 aromatic rings. The van der Waals surface area contributed by atoms with Gasteiger partial charge in [0.1, 0.15) is 17.2 Å². The van der Waals surface area contributed by atoms with E-state index in [4.69, 9.17) is 9.72 Å². The molecule has 0 unspecified atom stereocenters. The molecule has 0 atom stereocenters. The fraction of sp³-hybridized carbons (Fsp3) is 0.417. The Morgan fingerprint density at radius 3 is 2.64 bits per heavy atom. The number of hydrogen-bond acceptors (Lipinski definition) is 7. The molecular weight excluding hydrogens is 418 g/mol. The molecule has 9 heteroatoms. The van der Waals surface area contributed by atoms with Crippen molar-refractivity contribution >= 4 is 17.5 Å². The predicted octanol–water partition coefficient (Wildman–Crippen LogP) is 2.59. The second-order valence-corrected chi connectivity index (χ2v) is 9.42. The average Bonchev–Trinajstić information content (AvgIpc) is 3.34. The Morgan fingerprint density at radius 2 is 1.91 bits per heavy atom. The molecule has 1 fully saturated rings. The summed E-state index contributed by atoms with van der Waals surface area (Å²) in [6.07, 6.45) is 4.37. The van der Waals surface area contributed by atoms with E-state index in [-0.39, 0.29) is 11.5 Å². The maximum absolute atomic E-state index is 13.5. The van der Waals surface area contributed by atoms with Gasteiger partial charge >= 0.3 is 0 Å². The lowest BCUT2D eigenvalue weighted by molar-refractivity contribution is 0.102. The number of ether oxygens (including phenoxy) is 1. The molecule has 2 aliphatic rings. The first kappa shape index (κ1) is 21.4. The molecular formula is C24H29N7O2. The third kappa shape index (κ3) is 4.41. The zero-order valence-electron chi connectivity index (χ0n) is 19.5. The summed E-state index contributed by atoms with van der Waals surface area (Å²) < 4.78 is 7.79. The van der Waals surface area contributed by atoms with Gasteiger partial charge in [0.15, 0.2) is 0 Å². The second kappa shape index (κ2) is 8.15. The van der Waals surface area contributed by atoms with Crippen LogP contribution < -0.4 is 15.0 Å². The molecule has 0 saturated carbocycles. The van der Waals surface area contributed by atoms with Gasteiger partial charge in [-0.3, -0.25) is 9.48 Å². The van der Waals surface area contributed by atoms with Gasteiger partial charge < -0.3 is 19.9 Å². The first-order valence-electron chi connectivity index (χ1n) is 11.2. The van der Waals surface area contributed by atoms with E-state index in [9.17, 15) is 4.79 Å². The van der Waals surface area contributed by atoms with E-state index in [1.807, 2.05) is 45.3 Å². The van der Waals surface area contributed by atoms with Gasteiger partial charge in [-0.25, -0.2) is 4.98 Å². The number of piperazine rings is 1. The number of nitrogens with zero attached hydrogens (tertiary/aromatic N) is 6. The molecule has 0 radical (unpaired) electrons. The molecule has 9 nitrogen and oxygen atoms in total. The van der Waals surface area contributed by atoms with Gasteiger partial charge in [-0.2, -0.15) is 10.1 Å². The minimum Gasteiger partial charge on any atom is -0.471 e. The monoisotopic (exact) mass is 447 g/mol. The Morgan fingerprint density at radius 1 is 1.12 bits per heavy atom. The number of aryl methyl sites for hydroxylation is 1. The van der Waals surface area contributed by atoms with Crippen LogP contribution >= 0.6 is 0 Å². The van der Waals surface area contributed by atoms with Crippen LogP contribution in [0.4, 0.5) is 11.6 Å². The van der Waals surface area contributed by atoms with Gasteiger partial charge in [0, 0.05) is 57.0 Å². The van der Waals surface area contributed by atoms with Crippen LogP contribution in [0.15, 0.2) is 36.7 Å². The number of carbonyl (C=O) groups is 1. The molecule has 5 heterocycles. The molecule has 2 aliphatic heterocycles. The van der Waals surface area contributed by atoms with Crippen LogP contribution in [0, 0.1) is 0 Å². The Hall–Kier alpha value is -3.46. The van der Waals surface area contributed by atoms with Crippen LogP contribution in [0.1, 0.15) is 29.8 Å². The highest BCUT2D eigenvalue weighted by atomic mass is 16.5. The SMILES string of the molecule is CN1CCN(c2nc3c(cc2C(=O)Nc2cccc(-c4cnn(C)c4)n2)CC(C)(C)O3)CC1. The minimum absolute atomic E-state index is 0.222. The molecule has 3 aromatic heterocycles. The first-order chi connectivity index (χ1) is 15.8. The molecule has 0 aliphatic carbocycles. The van der Waals surface area contributed by atoms with E-state index in [2.05, 4.69) is 32.2 Å². The number of anilines is 2. The maximum atomic E-state index is 13.5. The number of nitrogens with one attached hydrogen (secondary N) is 1. The fourth-order valence-electron chi connectivity index (χ4n) is 4.33.